The van der Waals surface area contributed by atoms with Crippen LogP contribution in [-0.2, 0) is 6.42 Å². The van der Waals surface area contributed by atoms with Gasteiger partial charge in [0, 0.05) is 0 Å². The van der Waals surface area contributed by atoms with Gasteiger partial charge in [-0.25, -0.2) is 0 Å². The monoisotopic (exact) mass is 685 g/mol. The Morgan fingerprint density at radius 1 is 0.610 bits per heavy atom. The number of rotatable bonds is 20. The maximum atomic E-state index is 5.53. The third-order valence-electron chi connectivity index (χ3n) is 8.50. The molecule has 0 aliphatic heterocycles. The third-order valence-corrected chi connectivity index (χ3v) is 27.9. The van der Waals surface area contributed by atoms with E-state index in [1.807, 2.05) is 2.89 Å². The molecule has 0 spiro atoms. The van der Waals surface area contributed by atoms with E-state index in [1.165, 1.54) is 93.9 Å². The predicted octanol–water partition coefficient (Wildman–Crippen LogP) is 11.4. The van der Waals surface area contributed by atoms with Crippen molar-refractivity contribution in [1.82, 2.24) is 0 Å². The molecule has 0 aliphatic rings. The number of hydrogen-bond donors (Lipinski definition) is 0. The predicted molar refractivity (Wildman–Crippen MR) is 184 cm³/mol. The summed E-state index contributed by atoms with van der Waals surface area (Å²) in [6, 6.07) is 19.9. The van der Waals surface area contributed by atoms with E-state index >= 15 is 0 Å². The Bertz CT molecular complexity index is 1060. The first kappa shape index (κ1) is 33.8. The number of nitrogens with zero attached hydrogens (tertiary/aromatic N) is 1. The zero-order valence-corrected chi connectivity index (χ0v) is 30.4. The normalized spacial score (nSPS) is 11.6. The number of hydrogen-bond acceptors (Lipinski definition) is 4. The van der Waals surface area contributed by atoms with Gasteiger partial charge in [-0.05, 0) is 0 Å². The number of thiophene rings is 1. The minimum absolute atomic E-state index is 0.893. The molecular weight excluding hydrogens is 629 g/mol. The van der Waals surface area contributed by atoms with Crippen LogP contribution >= 0.6 is 11.3 Å². The van der Waals surface area contributed by atoms with Crippen molar-refractivity contribution in [2.75, 3.05) is 19.1 Å². The van der Waals surface area contributed by atoms with Gasteiger partial charge in [-0.15, -0.1) is 0 Å². The van der Waals surface area contributed by atoms with Gasteiger partial charge in [0.05, 0.1) is 0 Å². The standard InChI is InChI=1S/C24H28NO2S.3C4H9.Sn/c1-4-5-6-7-8-19-17-18-28-24(19)25(20-9-13-22(26-2)14-10-20)21-11-15-23(27-3)16-12-21;3*1-3-4-2;/h9-17H,4-8H2,1-3H3;3*1,3-4H2,2H3;. The zero-order chi connectivity index (χ0) is 29.5. The van der Waals surface area contributed by atoms with Gasteiger partial charge in [0.2, 0.25) is 0 Å². The van der Waals surface area contributed by atoms with Crippen LogP contribution in [0, 0.1) is 0 Å². The fourth-order valence-corrected chi connectivity index (χ4v) is 26.3. The molecular formula is C36H55NO2SSn. The second-order valence-electron chi connectivity index (χ2n) is 11.6. The molecule has 2 aromatic carbocycles. The second kappa shape index (κ2) is 18.1. The minimum atomic E-state index is -2.60. The SMILES string of the molecule is CCCCCCc1c[c]([Sn]([CH2]CCC)([CH2]CCC)[CH2]CCC)sc1N(c1ccc(OC)cc1)c1ccc(OC)cc1. The maximum absolute atomic E-state index is 5.53. The van der Waals surface area contributed by atoms with Crippen LogP contribution in [0.1, 0.15) is 97.5 Å². The number of benzene rings is 2. The number of anilines is 3. The van der Waals surface area contributed by atoms with Gasteiger partial charge in [0.15, 0.2) is 0 Å². The Hall–Kier alpha value is -1.66. The molecule has 1 heterocycles. The molecule has 5 heteroatoms. The van der Waals surface area contributed by atoms with E-state index in [1.54, 1.807) is 19.8 Å². The van der Waals surface area contributed by atoms with Crippen LogP contribution in [0.25, 0.3) is 0 Å². The number of aryl methyl sites for hydroxylation is 1. The summed E-state index contributed by atoms with van der Waals surface area (Å²) in [4.78, 5) is 2.51. The summed E-state index contributed by atoms with van der Waals surface area (Å²) in [6.45, 7) is 9.44. The summed E-state index contributed by atoms with van der Waals surface area (Å²) in [5.41, 5.74) is 3.93. The topological polar surface area (TPSA) is 21.7 Å². The Morgan fingerprint density at radius 2 is 1.07 bits per heavy atom. The van der Waals surface area contributed by atoms with E-state index in [9.17, 15) is 0 Å². The van der Waals surface area contributed by atoms with Crippen molar-refractivity contribution in [2.45, 2.75) is 112 Å². The number of ether oxygens (including phenoxy) is 2. The van der Waals surface area contributed by atoms with Crippen LogP contribution in [0.5, 0.6) is 11.5 Å². The van der Waals surface area contributed by atoms with Crippen molar-refractivity contribution in [3.63, 3.8) is 0 Å². The van der Waals surface area contributed by atoms with Crippen molar-refractivity contribution in [3.05, 3.63) is 60.2 Å². The van der Waals surface area contributed by atoms with Crippen LogP contribution in [0.3, 0.4) is 0 Å². The fraction of sp³-hybridized carbons (Fsp3) is 0.556. The molecule has 0 N–H and O–H groups in total. The summed E-state index contributed by atoms with van der Waals surface area (Å²) in [5, 5.41) is 1.43. The Kier molecular flexibility index (Phi) is 14.9. The van der Waals surface area contributed by atoms with Crippen molar-refractivity contribution >= 4 is 49.0 Å². The van der Waals surface area contributed by atoms with Gasteiger partial charge in [-0.2, -0.15) is 0 Å². The molecule has 0 saturated heterocycles. The van der Waals surface area contributed by atoms with Crippen LogP contribution in [0.15, 0.2) is 54.6 Å². The van der Waals surface area contributed by atoms with Crippen molar-refractivity contribution in [1.29, 1.82) is 0 Å². The Labute approximate surface area is 259 Å². The molecule has 0 atom stereocenters. The van der Waals surface area contributed by atoms with Crippen molar-refractivity contribution in [2.24, 2.45) is 0 Å². The van der Waals surface area contributed by atoms with Crippen LogP contribution in [0.4, 0.5) is 16.4 Å². The average molecular weight is 685 g/mol. The zero-order valence-electron chi connectivity index (χ0n) is 26.8. The summed E-state index contributed by atoms with van der Waals surface area (Å²) in [7, 11) is 3.48. The third kappa shape index (κ3) is 9.41. The molecule has 1 aromatic heterocycles. The molecule has 0 unspecified atom stereocenters. The molecule has 0 bridgehead atoms. The van der Waals surface area contributed by atoms with E-state index in [2.05, 4.69) is 98.5 Å². The summed E-state index contributed by atoms with van der Waals surface area (Å²) in [5.74, 6) is 1.79. The van der Waals surface area contributed by atoms with Crippen molar-refractivity contribution < 1.29 is 9.47 Å². The average Bonchev–Trinajstić information content (AvgIpc) is 3.44. The molecule has 3 aromatic rings. The van der Waals surface area contributed by atoms with Gasteiger partial charge in [-0.3, -0.25) is 0 Å². The van der Waals surface area contributed by atoms with Gasteiger partial charge in [0.1, 0.15) is 0 Å². The summed E-state index contributed by atoms with van der Waals surface area (Å²) < 4.78 is 17.4. The van der Waals surface area contributed by atoms with Crippen LogP contribution in [-0.4, -0.2) is 32.6 Å². The van der Waals surface area contributed by atoms with Gasteiger partial charge in [-0.1, -0.05) is 0 Å². The first-order valence-corrected chi connectivity index (χ1v) is 24.6. The number of methoxy groups -OCH3 is 2. The molecule has 0 amide bonds. The first-order valence-electron chi connectivity index (χ1n) is 16.3. The van der Waals surface area contributed by atoms with Gasteiger partial charge < -0.3 is 0 Å². The van der Waals surface area contributed by atoms with Crippen LogP contribution in [0.2, 0.25) is 13.3 Å². The first-order chi connectivity index (χ1) is 20.0. The van der Waals surface area contributed by atoms with Crippen molar-refractivity contribution in [3.8, 4) is 11.5 Å². The van der Waals surface area contributed by atoms with Gasteiger partial charge in [0.25, 0.3) is 0 Å². The molecule has 0 saturated carbocycles. The summed E-state index contributed by atoms with van der Waals surface area (Å²) >= 11 is -0.440. The fourth-order valence-electron chi connectivity index (χ4n) is 5.93. The molecule has 0 radical (unpaired) electrons. The van der Waals surface area contributed by atoms with E-state index < -0.39 is 18.4 Å². The molecule has 3 rings (SSSR count). The van der Waals surface area contributed by atoms with E-state index in [0.717, 1.165) is 17.9 Å². The Morgan fingerprint density at radius 3 is 1.49 bits per heavy atom. The molecule has 3 nitrogen and oxygen atoms in total. The van der Waals surface area contributed by atoms with Crippen LogP contribution < -0.4 is 17.3 Å². The number of unbranched alkanes of at least 4 members (excludes halogenated alkanes) is 6. The van der Waals surface area contributed by atoms with Gasteiger partial charge >= 0.3 is 261 Å². The van der Waals surface area contributed by atoms with E-state index in [4.69, 9.17) is 9.47 Å². The van der Waals surface area contributed by atoms with E-state index in [-0.39, 0.29) is 0 Å². The summed E-state index contributed by atoms with van der Waals surface area (Å²) in [6.07, 6.45) is 14.4. The van der Waals surface area contributed by atoms with E-state index in [0.29, 0.717) is 0 Å². The molecule has 0 fully saturated rings. The molecule has 0 aliphatic carbocycles. The Balaban J connectivity index is 2.20. The molecule has 226 valence electrons. The quantitative estimate of drug-likeness (QED) is 0.0874. The second-order valence-corrected chi connectivity index (χ2v) is 26.8. The molecule has 41 heavy (non-hydrogen) atoms.